The van der Waals surface area contributed by atoms with Gasteiger partial charge in [0.2, 0.25) is 0 Å². The van der Waals surface area contributed by atoms with Gasteiger partial charge in [0.05, 0.1) is 11.2 Å². The van der Waals surface area contributed by atoms with Crippen molar-refractivity contribution in [3.05, 3.63) is 66.1 Å². The predicted octanol–water partition coefficient (Wildman–Crippen LogP) is 4.48. The minimum absolute atomic E-state index is 0.0694. The number of aromatic nitrogens is 1. The van der Waals surface area contributed by atoms with E-state index in [0.29, 0.717) is 12.1 Å². The highest BCUT2D eigenvalue weighted by atomic mass is 19.1. The molecule has 3 rings (SSSR count). The van der Waals surface area contributed by atoms with Crippen LogP contribution in [0.3, 0.4) is 0 Å². The summed E-state index contributed by atoms with van der Waals surface area (Å²) in [5, 5.41) is 3.73. The van der Waals surface area contributed by atoms with Gasteiger partial charge in [0.15, 0.2) is 17.7 Å². The van der Waals surface area contributed by atoms with Crippen molar-refractivity contribution in [2.45, 2.75) is 26.4 Å². The molecule has 0 aliphatic heterocycles. The highest BCUT2D eigenvalue weighted by molar-refractivity contribution is 6.03. The van der Waals surface area contributed by atoms with Crippen LogP contribution in [0.5, 0.6) is 5.75 Å². The van der Waals surface area contributed by atoms with E-state index in [9.17, 15) is 9.18 Å². The van der Waals surface area contributed by atoms with Gasteiger partial charge in [0.25, 0.3) is 5.91 Å². The molecule has 0 aliphatic rings. The Hall–Kier alpha value is -2.95. The fourth-order valence-corrected chi connectivity index (χ4v) is 2.65. The van der Waals surface area contributed by atoms with Crippen molar-refractivity contribution >= 4 is 22.5 Å². The van der Waals surface area contributed by atoms with E-state index >= 15 is 0 Å². The summed E-state index contributed by atoms with van der Waals surface area (Å²) >= 11 is 0. The Labute approximate surface area is 145 Å². The first-order chi connectivity index (χ1) is 12.1. The van der Waals surface area contributed by atoms with Crippen LogP contribution in [0.2, 0.25) is 0 Å². The van der Waals surface area contributed by atoms with Gasteiger partial charge in [-0.3, -0.25) is 9.78 Å². The van der Waals surface area contributed by atoms with Crippen LogP contribution in [-0.2, 0) is 4.79 Å². The van der Waals surface area contributed by atoms with Crippen LogP contribution in [-0.4, -0.2) is 17.0 Å². The molecule has 1 heterocycles. The monoisotopic (exact) mass is 338 g/mol. The summed E-state index contributed by atoms with van der Waals surface area (Å²) in [7, 11) is 0. The van der Waals surface area contributed by atoms with Crippen LogP contribution < -0.4 is 10.1 Å². The molecule has 4 nitrogen and oxygen atoms in total. The van der Waals surface area contributed by atoms with E-state index in [1.165, 1.54) is 12.1 Å². The quantitative estimate of drug-likeness (QED) is 0.746. The highest BCUT2D eigenvalue weighted by Gasteiger charge is 2.20. The van der Waals surface area contributed by atoms with Crippen molar-refractivity contribution in [1.29, 1.82) is 0 Å². The summed E-state index contributed by atoms with van der Waals surface area (Å²) in [5.74, 6) is -0.738. The molecule has 0 bridgehead atoms. The molecule has 0 fully saturated rings. The Bertz CT molecular complexity index is 911. The van der Waals surface area contributed by atoms with Crippen LogP contribution >= 0.6 is 0 Å². The van der Waals surface area contributed by atoms with Crippen molar-refractivity contribution in [2.75, 3.05) is 5.32 Å². The van der Waals surface area contributed by atoms with Gasteiger partial charge in [0, 0.05) is 11.6 Å². The second-order valence-corrected chi connectivity index (χ2v) is 5.76. The third-order valence-electron chi connectivity index (χ3n) is 4.00. The second kappa shape index (κ2) is 7.30. The summed E-state index contributed by atoms with van der Waals surface area (Å²) in [6, 6.07) is 13.5. The molecule has 0 saturated heterocycles. The first kappa shape index (κ1) is 16.9. The second-order valence-electron chi connectivity index (χ2n) is 5.76. The number of para-hydroxylation sites is 1. The van der Waals surface area contributed by atoms with E-state index in [4.69, 9.17) is 4.74 Å². The first-order valence-electron chi connectivity index (χ1n) is 8.16. The maximum absolute atomic E-state index is 13.8. The molecule has 5 heteroatoms. The number of amides is 1. The largest absolute Gasteiger partial charge is 0.478 e. The zero-order valence-corrected chi connectivity index (χ0v) is 14.1. The van der Waals surface area contributed by atoms with Gasteiger partial charge in [-0.25, -0.2) is 4.39 Å². The Kier molecular flexibility index (Phi) is 4.93. The number of halogens is 1. The van der Waals surface area contributed by atoms with E-state index < -0.39 is 11.9 Å². The van der Waals surface area contributed by atoms with Gasteiger partial charge < -0.3 is 10.1 Å². The molecule has 128 valence electrons. The molecule has 1 amide bonds. The van der Waals surface area contributed by atoms with E-state index in [1.807, 2.05) is 38.1 Å². The molecule has 1 aromatic heterocycles. The van der Waals surface area contributed by atoms with Crippen LogP contribution in [0.15, 0.2) is 54.7 Å². The van der Waals surface area contributed by atoms with Crippen molar-refractivity contribution in [2.24, 2.45) is 0 Å². The lowest BCUT2D eigenvalue weighted by Gasteiger charge is -2.18. The summed E-state index contributed by atoms with van der Waals surface area (Å²) in [4.78, 5) is 17.0. The molecule has 2 aromatic carbocycles. The normalized spacial score (nSPS) is 12.0. The van der Waals surface area contributed by atoms with Crippen LogP contribution in [0, 0.1) is 12.7 Å². The molecule has 3 aromatic rings. The number of nitrogens with zero attached hydrogens (tertiary/aromatic N) is 1. The lowest BCUT2D eigenvalue weighted by atomic mass is 10.1. The lowest BCUT2D eigenvalue weighted by molar-refractivity contribution is -0.122. The molecular weight excluding hydrogens is 319 g/mol. The Morgan fingerprint density at radius 1 is 1.20 bits per heavy atom. The molecule has 0 spiro atoms. The Balaban J connectivity index is 1.83. The standard InChI is InChI=1S/C20H19FN2O2/c1-3-17(25-18-9-5-4-8-15(18)21)20(24)23-16-11-10-13(2)19-14(16)7-6-12-22-19/h4-12,17H,3H2,1-2H3,(H,23,24). The molecule has 1 N–H and O–H groups in total. The van der Waals surface area contributed by atoms with Crippen molar-refractivity contribution in [3.8, 4) is 5.75 Å². The lowest BCUT2D eigenvalue weighted by Crippen LogP contribution is -2.32. The smallest absolute Gasteiger partial charge is 0.265 e. The van der Waals surface area contributed by atoms with E-state index in [1.54, 1.807) is 18.3 Å². The molecule has 25 heavy (non-hydrogen) atoms. The summed E-state index contributed by atoms with van der Waals surface area (Å²) in [6.07, 6.45) is 1.35. The molecule has 0 radical (unpaired) electrons. The first-order valence-corrected chi connectivity index (χ1v) is 8.16. The number of rotatable bonds is 5. The molecule has 1 unspecified atom stereocenters. The van der Waals surface area contributed by atoms with Crippen LogP contribution in [0.25, 0.3) is 10.9 Å². The topological polar surface area (TPSA) is 51.2 Å². The zero-order chi connectivity index (χ0) is 17.8. The van der Waals surface area contributed by atoms with Crippen LogP contribution in [0.4, 0.5) is 10.1 Å². The number of carbonyl (C=O) groups is 1. The van der Waals surface area contributed by atoms with Gasteiger partial charge in [-0.2, -0.15) is 0 Å². The maximum Gasteiger partial charge on any atom is 0.265 e. The Morgan fingerprint density at radius 2 is 2.00 bits per heavy atom. The number of fused-ring (bicyclic) bond motifs is 1. The van der Waals surface area contributed by atoms with Crippen molar-refractivity contribution in [3.63, 3.8) is 0 Å². The number of aryl methyl sites for hydroxylation is 1. The summed E-state index contributed by atoms with van der Waals surface area (Å²) in [6.45, 7) is 3.79. The fraction of sp³-hybridized carbons (Fsp3) is 0.200. The van der Waals surface area contributed by atoms with Gasteiger partial charge >= 0.3 is 0 Å². The molecular formula is C20H19FN2O2. The fourth-order valence-electron chi connectivity index (χ4n) is 2.65. The SMILES string of the molecule is CCC(Oc1ccccc1F)C(=O)Nc1ccc(C)c2ncccc12. The average Bonchev–Trinajstić information content (AvgIpc) is 2.63. The third-order valence-corrected chi connectivity index (χ3v) is 4.00. The third kappa shape index (κ3) is 3.60. The molecule has 1 atom stereocenters. The van der Waals surface area contributed by atoms with Gasteiger partial charge in [-0.05, 0) is 49.2 Å². The average molecular weight is 338 g/mol. The highest BCUT2D eigenvalue weighted by Crippen LogP contribution is 2.25. The number of hydrogen-bond acceptors (Lipinski definition) is 3. The van der Waals surface area contributed by atoms with Crippen molar-refractivity contribution < 1.29 is 13.9 Å². The van der Waals surface area contributed by atoms with Gasteiger partial charge in [-0.1, -0.05) is 25.1 Å². The summed E-state index contributed by atoms with van der Waals surface area (Å²) in [5.41, 5.74) is 2.53. The number of carbonyl (C=O) groups excluding carboxylic acids is 1. The van der Waals surface area contributed by atoms with E-state index in [-0.39, 0.29) is 11.7 Å². The molecule has 0 aliphatic carbocycles. The number of pyridine rings is 1. The number of benzene rings is 2. The Morgan fingerprint density at radius 3 is 2.76 bits per heavy atom. The van der Waals surface area contributed by atoms with Crippen molar-refractivity contribution in [1.82, 2.24) is 4.98 Å². The maximum atomic E-state index is 13.8. The van der Waals surface area contributed by atoms with Gasteiger partial charge in [-0.15, -0.1) is 0 Å². The zero-order valence-electron chi connectivity index (χ0n) is 14.1. The number of ether oxygens (including phenoxy) is 1. The minimum Gasteiger partial charge on any atom is -0.478 e. The predicted molar refractivity (Wildman–Crippen MR) is 96.2 cm³/mol. The van der Waals surface area contributed by atoms with Crippen LogP contribution in [0.1, 0.15) is 18.9 Å². The number of anilines is 1. The van der Waals surface area contributed by atoms with Gasteiger partial charge in [0.1, 0.15) is 0 Å². The molecule has 0 saturated carbocycles. The minimum atomic E-state index is -0.787. The van der Waals surface area contributed by atoms with E-state index in [2.05, 4.69) is 10.3 Å². The number of hydrogen-bond donors (Lipinski definition) is 1. The number of nitrogens with one attached hydrogen (secondary N) is 1. The van der Waals surface area contributed by atoms with E-state index in [0.717, 1.165) is 16.5 Å². The summed E-state index contributed by atoms with van der Waals surface area (Å²) < 4.78 is 19.3.